The van der Waals surface area contributed by atoms with Gasteiger partial charge in [-0.15, -0.1) is 0 Å². The van der Waals surface area contributed by atoms with E-state index in [2.05, 4.69) is 23.2 Å². The molecule has 0 saturated heterocycles. The van der Waals surface area contributed by atoms with Crippen LogP contribution in [0.25, 0.3) is 0 Å². The van der Waals surface area contributed by atoms with Crippen molar-refractivity contribution in [1.29, 1.82) is 0 Å². The quantitative estimate of drug-likeness (QED) is 0.482. The maximum absolute atomic E-state index is 13.0. The van der Waals surface area contributed by atoms with Crippen LogP contribution in [0.3, 0.4) is 0 Å². The largest absolute Gasteiger partial charge is 0.458 e. The van der Waals surface area contributed by atoms with Crippen molar-refractivity contribution in [2.45, 2.75) is 26.4 Å². The highest BCUT2D eigenvalue weighted by molar-refractivity contribution is 6.00. The van der Waals surface area contributed by atoms with E-state index in [1.165, 1.54) is 30.4 Å². The first-order chi connectivity index (χ1) is 14.3. The minimum Gasteiger partial charge on any atom is -0.458 e. The van der Waals surface area contributed by atoms with E-state index in [0.29, 0.717) is 11.4 Å². The van der Waals surface area contributed by atoms with Gasteiger partial charge in [-0.25, -0.2) is 9.59 Å². The summed E-state index contributed by atoms with van der Waals surface area (Å²) in [4.78, 5) is 25.7. The van der Waals surface area contributed by atoms with Crippen LogP contribution in [-0.2, 0) is 19.1 Å². The highest BCUT2D eigenvalue weighted by atomic mass is 19.3. The van der Waals surface area contributed by atoms with E-state index in [9.17, 15) is 18.4 Å². The summed E-state index contributed by atoms with van der Waals surface area (Å²) in [6, 6.07) is 5.96. The molecule has 1 aromatic rings. The second kappa shape index (κ2) is 10.4. The molecule has 160 valence electrons. The molecule has 2 rings (SSSR count). The molecule has 1 aliphatic heterocycles. The van der Waals surface area contributed by atoms with Gasteiger partial charge in [-0.05, 0) is 19.9 Å². The summed E-state index contributed by atoms with van der Waals surface area (Å²) in [6.45, 7) is 7.06. The molecule has 6 nitrogen and oxygen atoms in total. The van der Waals surface area contributed by atoms with Gasteiger partial charge in [-0.1, -0.05) is 43.5 Å². The van der Waals surface area contributed by atoms with Crippen LogP contribution in [0.1, 0.15) is 25.3 Å². The van der Waals surface area contributed by atoms with Gasteiger partial charge in [0.1, 0.15) is 19.0 Å². The van der Waals surface area contributed by atoms with Crippen LogP contribution in [-0.4, -0.2) is 31.8 Å². The van der Waals surface area contributed by atoms with Crippen LogP contribution in [0.5, 0.6) is 5.75 Å². The third-order valence-electron chi connectivity index (χ3n) is 4.31. The number of rotatable bonds is 9. The Bertz CT molecular complexity index is 859. The monoisotopic (exact) mass is 419 g/mol. The molecule has 0 aliphatic carbocycles. The first kappa shape index (κ1) is 22.9. The first-order valence-electron chi connectivity index (χ1n) is 9.10. The molecule has 0 aromatic heterocycles. The number of esters is 2. The number of benzene rings is 1. The maximum atomic E-state index is 13.0. The fourth-order valence-corrected chi connectivity index (χ4v) is 3.19. The van der Waals surface area contributed by atoms with Gasteiger partial charge in [0.15, 0.2) is 0 Å². The number of carbonyl (C=O) groups excluding carboxylic acids is 2. The Kier molecular flexibility index (Phi) is 7.91. The van der Waals surface area contributed by atoms with Crippen molar-refractivity contribution < 1.29 is 32.6 Å². The molecule has 0 spiro atoms. The summed E-state index contributed by atoms with van der Waals surface area (Å²) >= 11 is 0. The van der Waals surface area contributed by atoms with Gasteiger partial charge in [-0.2, -0.15) is 8.78 Å². The average molecular weight is 419 g/mol. The number of nitrogens with one attached hydrogen (secondary N) is 1. The Morgan fingerprint density at radius 2 is 1.53 bits per heavy atom. The third kappa shape index (κ3) is 5.14. The van der Waals surface area contributed by atoms with Crippen LogP contribution in [0.15, 0.2) is 72.1 Å². The van der Waals surface area contributed by atoms with Crippen molar-refractivity contribution >= 4 is 11.9 Å². The van der Waals surface area contributed by atoms with Crippen LogP contribution >= 0.6 is 0 Å². The number of alkyl halides is 2. The number of hydrogen-bond acceptors (Lipinski definition) is 6. The number of para-hydroxylation sites is 1. The number of dihydropyridines is 1. The molecule has 0 fully saturated rings. The third-order valence-corrected chi connectivity index (χ3v) is 4.31. The SMILES string of the molecule is C=CCOC(=O)C1=C(C)NC(C)=C(C(=O)OCC=C)C1c1ccccc1OC(F)F. The van der Waals surface area contributed by atoms with Gasteiger partial charge in [0.2, 0.25) is 0 Å². The predicted molar refractivity (Wildman–Crippen MR) is 107 cm³/mol. The molecule has 30 heavy (non-hydrogen) atoms. The molecule has 1 aliphatic rings. The number of carbonyl (C=O) groups is 2. The van der Waals surface area contributed by atoms with Crippen LogP contribution in [0.4, 0.5) is 8.78 Å². The summed E-state index contributed by atoms with van der Waals surface area (Å²) in [5.41, 5.74) is 1.20. The number of hydrogen-bond donors (Lipinski definition) is 1. The summed E-state index contributed by atoms with van der Waals surface area (Å²) < 4.78 is 41.0. The summed E-state index contributed by atoms with van der Waals surface area (Å²) in [5.74, 6) is -2.66. The predicted octanol–water partition coefficient (Wildman–Crippen LogP) is 3.98. The Morgan fingerprint density at radius 1 is 1.03 bits per heavy atom. The number of allylic oxidation sites excluding steroid dienone is 2. The van der Waals surface area contributed by atoms with E-state index < -0.39 is 24.5 Å². The zero-order valence-electron chi connectivity index (χ0n) is 16.7. The smallest absolute Gasteiger partial charge is 0.387 e. The van der Waals surface area contributed by atoms with Gasteiger partial charge < -0.3 is 19.5 Å². The van der Waals surface area contributed by atoms with Crippen LogP contribution < -0.4 is 10.1 Å². The van der Waals surface area contributed by atoms with E-state index in [-0.39, 0.29) is 35.7 Å². The van der Waals surface area contributed by atoms with Gasteiger partial charge >= 0.3 is 18.6 Å². The lowest BCUT2D eigenvalue weighted by Gasteiger charge is -2.31. The zero-order valence-corrected chi connectivity index (χ0v) is 16.7. The lowest BCUT2D eigenvalue weighted by atomic mass is 9.80. The van der Waals surface area contributed by atoms with Gasteiger partial charge in [-0.3, -0.25) is 0 Å². The van der Waals surface area contributed by atoms with Crippen LogP contribution in [0, 0.1) is 0 Å². The normalized spacial score (nSPS) is 14.3. The topological polar surface area (TPSA) is 73.9 Å². The minimum atomic E-state index is -3.09. The van der Waals surface area contributed by atoms with E-state index in [1.54, 1.807) is 19.9 Å². The van der Waals surface area contributed by atoms with E-state index >= 15 is 0 Å². The Morgan fingerprint density at radius 3 is 2.00 bits per heavy atom. The molecular formula is C22H23F2NO5. The van der Waals surface area contributed by atoms with Crippen molar-refractivity contribution in [2.24, 2.45) is 0 Å². The first-order valence-corrected chi connectivity index (χ1v) is 9.10. The number of halogens is 2. The van der Waals surface area contributed by atoms with Crippen molar-refractivity contribution in [3.8, 4) is 5.75 Å². The molecule has 1 N–H and O–H groups in total. The van der Waals surface area contributed by atoms with E-state index in [1.807, 2.05) is 0 Å². The lowest BCUT2D eigenvalue weighted by molar-refractivity contribution is -0.138. The summed E-state index contributed by atoms with van der Waals surface area (Å²) in [7, 11) is 0. The average Bonchev–Trinajstić information content (AvgIpc) is 2.69. The van der Waals surface area contributed by atoms with Gasteiger partial charge in [0, 0.05) is 17.0 Å². The Hall–Kier alpha value is -3.42. The zero-order chi connectivity index (χ0) is 22.3. The molecular weight excluding hydrogens is 396 g/mol. The second-order valence-electron chi connectivity index (χ2n) is 6.33. The molecule has 8 heteroatoms. The standard InChI is InChI=1S/C22H23F2NO5/c1-5-11-28-20(26)17-13(3)25-14(4)18(21(27)29-12-6-2)19(17)15-9-7-8-10-16(15)30-22(23)24/h5-10,19,22,25H,1-2,11-12H2,3-4H3. The highest BCUT2D eigenvalue weighted by Gasteiger charge is 2.39. The molecule has 0 atom stereocenters. The molecule has 1 aromatic carbocycles. The Balaban J connectivity index is 2.67. The van der Waals surface area contributed by atoms with Crippen molar-refractivity contribution in [1.82, 2.24) is 5.32 Å². The summed E-state index contributed by atoms with van der Waals surface area (Å²) in [6.07, 6.45) is 2.79. The fourth-order valence-electron chi connectivity index (χ4n) is 3.19. The van der Waals surface area contributed by atoms with Crippen LogP contribution in [0.2, 0.25) is 0 Å². The molecule has 0 radical (unpaired) electrons. The molecule has 0 bridgehead atoms. The minimum absolute atomic E-state index is 0.0591. The molecule has 0 unspecified atom stereocenters. The van der Waals surface area contributed by atoms with Crippen molar-refractivity contribution in [2.75, 3.05) is 13.2 Å². The van der Waals surface area contributed by atoms with Gasteiger partial charge in [0.05, 0.1) is 17.1 Å². The second-order valence-corrected chi connectivity index (χ2v) is 6.33. The summed E-state index contributed by atoms with van der Waals surface area (Å²) in [5, 5.41) is 2.97. The molecule has 1 heterocycles. The molecule has 0 amide bonds. The van der Waals surface area contributed by atoms with Gasteiger partial charge in [0.25, 0.3) is 0 Å². The van der Waals surface area contributed by atoms with E-state index in [0.717, 1.165) is 0 Å². The fraction of sp³-hybridized carbons (Fsp3) is 0.273. The number of ether oxygens (including phenoxy) is 3. The highest BCUT2D eigenvalue weighted by Crippen LogP contribution is 2.43. The van der Waals surface area contributed by atoms with Crippen molar-refractivity contribution in [3.05, 3.63) is 77.7 Å². The Labute approximate surface area is 173 Å². The van der Waals surface area contributed by atoms with E-state index in [4.69, 9.17) is 9.47 Å². The van der Waals surface area contributed by atoms with Crippen molar-refractivity contribution in [3.63, 3.8) is 0 Å². The molecule has 0 saturated carbocycles. The maximum Gasteiger partial charge on any atom is 0.387 e. The lowest BCUT2D eigenvalue weighted by Crippen LogP contribution is -2.33.